The van der Waals surface area contributed by atoms with E-state index in [1.165, 1.54) is 5.56 Å². The number of aryl methyl sites for hydroxylation is 1. The van der Waals surface area contributed by atoms with Gasteiger partial charge in [0.15, 0.2) is 5.65 Å². The smallest absolute Gasteiger partial charge is 0.227 e. The summed E-state index contributed by atoms with van der Waals surface area (Å²) in [5.41, 5.74) is 4.02. The van der Waals surface area contributed by atoms with Gasteiger partial charge in [-0.15, -0.1) is 0 Å². The van der Waals surface area contributed by atoms with Gasteiger partial charge in [0, 0.05) is 11.6 Å². The fourth-order valence-electron chi connectivity index (χ4n) is 3.17. The van der Waals surface area contributed by atoms with E-state index in [1.54, 1.807) is 6.20 Å². The first-order valence-corrected chi connectivity index (χ1v) is 7.46. The predicted octanol–water partition coefficient (Wildman–Crippen LogP) is 2.30. The quantitative estimate of drug-likeness (QED) is 0.778. The molecule has 22 heavy (non-hydrogen) atoms. The maximum absolute atomic E-state index is 12.5. The highest BCUT2D eigenvalue weighted by atomic mass is 16.1. The van der Waals surface area contributed by atoms with Crippen molar-refractivity contribution in [2.45, 2.75) is 25.3 Å². The van der Waals surface area contributed by atoms with E-state index in [-0.39, 0.29) is 11.8 Å². The highest BCUT2D eigenvalue weighted by Gasteiger charge is 2.28. The second-order valence-corrected chi connectivity index (χ2v) is 5.58. The minimum atomic E-state index is -0.0384. The molecule has 0 bridgehead atoms. The molecule has 1 aromatic carbocycles. The zero-order valence-corrected chi connectivity index (χ0v) is 12.0. The Morgan fingerprint density at radius 2 is 2.18 bits per heavy atom. The molecule has 1 amide bonds. The molecule has 2 N–H and O–H groups in total. The van der Waals surface area contributed by atoms with Crippen molar-refractivity contribution in [3.05, 3.63) is 59.4 Å². The van der Waals surface area contributed by atoms with Crippen LogP contribution < -0.4 is 5.32 Å². The van der Waals surface area contributed by atoms with Crippen LogP contribution in [0, 0.1) is 0 Å². The van der Waals surface area contributed by atoms with Crippen molar-refractivity contribution in [1.29, 1.82) is 0 Å². The first kappa shape index (κ1) is 13.0. The number of carbonyl (C=O) groups is 1. The van der Waals surface area contributed by atoms with Crippen LogP contribution in [0.25, 0.3) is 11.0 Å². The molecule has 0 aliphatic heterocycles. The number of carbonyl (C=O) groups excluding carboxylic acids is 1. The number of nitrogens with zero attached hydrogens (tertiary/aromatic N) is 2. The van der Waals surface area contributed by atoms with Crippen LogP contribution >= 0.6 is 0 Å². The number of pyridine rings is 1. The second-order valence-electron chi connectivity index (χ2n) is 5.58. The molecule has 0 saturated heterocycles. The normalized spacial score (nSPS) is 16.6. The fraction of sp³-hybridized carbons (Fsp3) is 0.235. The predicted molar refractivity (Wildman–Crippen MR) is 83.2 cm³/mol. The molecule has 4 rings (SSSR count). The molecule has 5 nitrogen and oxygen atoms in total. The number of H-pyrrole nitrogens is 1. The minimum Gasteiger partial charge on any atom is -0.350 e. The van der Waals surface area contributed by atoms with Gasteiger partial charge in [-0.25, -0.2) is 4.98 Å². The van der Waals surface area contributed by atoms with E-state index in [9.17, 15) is 4.79 Å². The Morgan fingerprint density at radius 1 is 1.27 bits per heavy atom. The number of amides is 1. The van der Waals surface area contributed by atoms with Crippen LogP contribution in [0.15, 0.2) is 42.6 Å². The van der Waals surface area contributed by atoms with E-state index >= 15 is 0 Å². The molecule has 1 atom stereocenters. The van der Waals surface area contributed by atoms with E-state index < -0.39 is 0 Å². The lowest BCUT2D eigenvalue weighted by Crippen LogP contribution is -2.28. The van der Waals surface area contributed by atoms with Crippen molar-refractivity contribution >= 4 is 16.9 Å². The maximum atomic E-state index is 12.5. The van der Waals surface area contributed by atoms with Crippen LogP contribution in [-0.2, 0) is 17.8 Å². The number of fused-ring (bicyclic) bond motifs is 2. The van der Waals surface area contributed by atoms with Gasteiger partial charge in [-0.2, -0.15) is 5.10 Å². The monoisotopic (exact) mass is 292 g/mol. The SMILES string of the molecule is O=C(NCc1[nH]nc2ncccc12)C1CCc2ccccc21. The number of rotatable bonds is 3. The molecule has 110 valence electrons. The highest BCUT2D eigenvalue weighted by molar-refractivity contribution is 5.85. The summed E-state index contributed by atoms with van der Waals surface area (Å²) in [5.74, 6) is 0.0418. The Labute approximate surface area is 127 Å². The third kappa shape index (κ3) is 2.15. The molecule has 0 fully saturated rings. The lowest BCUT2D eigenvalue weighted by Gasteiger charge is -2.11. The van der Waals surface area contributed by atoms with Crippen LogP contribution in [0.2, 0.25) is 0 Å². The fourth-order valence-corrected chi connectivity index (χ4v) is 3.17. The summed E-state index contributed by atoms with van der Waals surface area (Å²) in [6, 6.07) is 12.0. The second kappa shape index (κ2) is 5.26. The third-order valence-electron chi connectivity index (χ3n) is 4.30. The zero-order valence-electron chi connectivity index (χ0n) is 12.0. The Kier molecular flexibility index (Phi) is 3.11. The molecule has 3 aromatic rings. The number of aromatic nitrogens is 3. The van der Waals surface area contributed by atoms with Crippen molar-refractivity contribution in [1.82, 2.24) is 20.5 Å². The summed E-state index contributed by atoms with van der Waals surface area (Å²) in [4.78, 5) is 16.7. The highest BCUT2D eigenvalue weighted by Crippen LogP contribution is 2.32. The molecule has 0 spiro atoms. The van der Waals surface area contributed by atoms with Crippen molar-refractivity contribution in [3.63, 3.8) is 0 Å². The summed E-state index contributed by atoms with van der Waals surface area (Å²) in [6.07, 6.45) is 3.57. The molecule has 5 heteroatoms. The van der Waals surface area contributed by atoms with Gasteiger partial charge < -0.3 is 5.32 Å². The van der Waals surface area contributed by atoms with Crippen molar-refractivity contribution < 1.29 is 4.79 Å². The summed E-state index contributed by atoms with van der Waals surface area (Å²) >= 11 is 0. The van der Waals surface area contributed by atoms with Gasteiger partial charge in [0.05, 0.1) is 18.2 Å². The van der Waals surface area contributed by atoms with E-state index in [4.69, 9.17) is 0 Å². The van der Waals surface area contributed by atoms with Crippen molar-refractivity contribution in [2.75, 3.05) is 0 Å². The van der Waals surface area contributed by atoms with Crippen LogP contribution in [0.3, 0.4) is 0 Å². The van der Waals surface area contributed by atoms with E-state index in [2.05, 4.69) is 32.6 Å². The first-order chi connectivity index (χ1) is 10.8. The molecule has 0 saturated carbocycles. The number of nitrogens with one attached hydrogen (secondary N) is 2. The number of hydrogen-bond donors (Lipinski definition) is 2. The van der Waals surface area contributed by atoms with Crippen LogP contribution in [0.4, 0.5) is 0 Å². The molecule has 1 aliphatic rings. The molecular weight excluding hydrogens is 276 g/mol. The molecule has 0 radical (unpaired) electrons. The summed E-state index contributed by atoms with van der Waals surface area (Å²) in [6.45, 7) is 0.444. The molecular formula is C17H16N4O. The first-order valence-electron chi connectivity index (χ1n) is 7.46. The summed E-state index contributed by atoms with van der Waals surface area (Å²) < 4.78 is 0. The van der Waals surface area contributed by atoms with Crippen molar-refractivity contribution in [2.24, 2.45) is 0 Å². The molecule has 2 heterocycles. The van der Waals surface area contributed by atoms with Crippen LogP contribution in [0.5, 0.6) is 0 Å². The number of aromatic amines is 1. The van der Waals surface area contributed by atoms with Crippen molar-refractivity contribution in [3.8, 4) is 0 Å². The van der Waals surface area contributed by atoms with Gasteiger partial charge in [0.2, 0.25) is 5.91 Å². The van der Waals surface area contributed by atoms with Gasteiger partial charge in [-0.1, -0.05) is 24.3 Å². The van der Waals surface area contributed by atoms with Gasteiger partial charge >= 0.3 is 0 Å². The number of hydrogen-bond acceptors (Lipinski definition) is 3. The molecule has 1 aliphatic carbocycles. The average molecular weight is 292 g/mol. The zero-order chi connectivity index (χ0) is 14.9. The molecule has 1 unspecified atom stereocenters. The maximum Gasteiger partial charge on any atom is 0.227 e. The Bertz CT molecular complexity index is 839. The standard InChI is InChI=1S/C17H16N4O/c22-17(13-8-7-11-4-1-2-5-12(11)13)19-10-15-14-6-3-9-18-16(14)21-20-15/h1-6,9,13H,7-8,10H2,(H,19,22)(H,18,20,21). The lowest BCUT2D eigenvalue weighted by molar-refractivity contribution is -0.122. The van der Waals surface area contributed by atoms with E-state index in [0.29, 0.717) is 12.2 Å². The van der Waals surface area contributed by atoms with Gasteiger partial charge in [-0.3, -0.25) is 9.89 Å². The Hall–Kier alpha value is -2.69. The van der Waals surface area contributed by atoms with E-state index in [0.717, 1.165) is 29.5 Å². The lowest BCUT2D eigenvalue weighted by atomic mass is 10.0. The number of benzene rings is 1. The molecule has 2 aromatic heterocycles. The van der Waals surface area contributed by atoms with Crippen LogP contribution in [-0.4, -0.2) is 21.1 Å². The largest absolute Gasteiger partial charge is 0.350 e. The topological polar surface area (TPSA) is 70.7 Å². The minimum absolute atomic E-state index is 0.0384. The summed E-state index contributed by atoms with van der Waals surface area (Å²) in [7, 11) is 0. The average Bonchev–Trinajstić information content (AvgIpc) is 3.17. The third-order valence-corrected chi connectivity index (χ3v) is 4.30. The van der Waals surface area contributed by atoms with E-state index in [1.807, 2.05) is 24.3 Å². The van der Waals surface area contributed by atoms with Gasteiger partial charge in [0.1, 0.15) is 0 Å². The summed E-state index contributed by atoms with van der Waals surface area (Å²) in [5, 5.41) is 11.1. The van der Waals surface area contributed by atoms with Crippen LogP contribution in [0.1, 0.15) is 29.2 Å². The Balaban J connectivity index is 1.49. The van der Waals surface area contributed by atoms with Gasteiger partial charge in [0.25, 0.3) is 0 Å². The Morgan fingerprint density at radius 3 is 3.14 bits per heavy atom. The van der Waals surface area contributed by atoms with Gasteiger partial charge in [-0.05, 0) is 36.1 Å².